The van der Waals surface area contributed by atoms with Gasteiger partial charge >= 0.3 is 5.97 Å². The molecule has 0 spiro atoms. The summed E-state index contributed by atoms with van der Waals surface area (Å²) < 4.78 is 4.94. The lowest BCUT2D eigenvalue weighted by atomic mass is 10.1. The number of hydrogen-bond donors (Lipinski definition) is 1. The largest absolute Gasteiger partial charge is 0.454 e. The molecule has 0 bridgehead atoms. The Labute approximate surface area is 156 Å². The fraction of sp³-hybridized carbons (Fsp3) is 0.150. The van der Waals surface area contributed by atoms with Gasteiger partial charge in [-0.1, -0.05) is 36.7 Å². The van der Waals surface area contributed by atoms with Crippen molar-refractivity contribution in [2.75, 3.05) is 11.9 Å². The predicted molar refractivity (Wildman–Crippen MR) is 101 cm³/mol. The van der Waals surface area contributed by atoms with Crippen LogP contribution in [0.5, 0.6) is 0 Å². The van der Waals surface area contributed by atoms with Crippen molar-refractivity contribution >= 4 is 41.0 Å². The average Bonchev–Trinajstić information content (AvgIpc) is 2.66. The van der Waals surface area contributed by atoms with E-state index in [1.807, 2.05) is 0 Å². The first-order valence-corrected chi connectivity index (χ1v) is 8.40. The van der Waals surface area contributed by atoms with Crippen LogP contribution in [-0.4, -0.2) is 24.3 Å². The van der Waals surface area contributed by atoms with Crippen molar-refractivity contribution in [1.29, 1.82) is 0 Å². The molecule has 0 heterocycles. The summed E-state index contributed by atoms with van der Waals surface area (Å²) in [6, 6.07) is 13.4. The van der Waals surface area contributed by atoms with Crippen molar-refractivity contribution in [3.05, 3.63) is 70.8 Å². The van der Waals surface area contributed by atoms with E-state index in [0.717, 1.165) is 0 Å². The molecule has 5 nitrogen and oxygen atoms in total. The Morgan fingerprint density at radius 1 is 1.08 bits per heavy atom. The molecular weight excluding hydrogens is 354 g/mol. The van der Waals surface area contributed by atoms with Crippen molar-refractivity contribution in [2.24, 2.45) is 0 Å². The maximum atomic E-state index is 12.1. The Hall–Kier alpha value is -2.92. The third-order valence-electron chi connectivity index (χ3n) is 3.46. The molecule has 1 amide bonds. The van der Waals surface area contributed by atoms with Gasteiger partial charge in [-0.15, -0.1) is 0 Å². The number of carbonyl (C=O) groups is 3. The van der Waals surface area contributed by atoms with E-state index >= 15 is 0 Å². The molecule has 26 heavy (non-hydrogen) atoms. The highest BCUT2D eigenvalue weighted by Crippen LogP contribution is 2.16. The van der Waals surface area contributed by atoms with Crippen molar-refractivity contribution < 1.29 is 19.1 Å². The molecule has 0 aromatic heterocycles. The van der Waals surface area contributed by atoms with Gasteiger partial charge < -0.3 is 10.1 Å². The molecule has 0 atom stereocenters. The van der Waals surface area contributed by atoms with Crippen LogP contribution < -0.4 is 5.32 Å². The zero-order valence-electron chi connectivity index (χ0n) is 14.2. The summed E-state index contributed by atoms with van der Waals surface area (Å²) in [5.74, 6) is -1.08. The minimum Gasteiger partial charge on any atom is -0.454 e. The Kier molecular flexibility index (Phi) is 7.12. The summed E-state index contributed by atoms with van der Waals surface area (Å²) in [7, 11) is 0. The van der Waals surface area contributed by atoms with Crippen LogP contribution >= 0.6 is 11.6 Å². The second-order valence-electron chi connectivity index (χ2n) is 5.36. The fourth-order valence-electron chi connectivity index (χ4n) is 2.03. The summed E-state index contributed by atoms with van der Waals surface area (Å²) in [6.45, 7) is 1.38. The first-order chi connectivity index (χ1) is 12.5. The van der Waals surface area contributed by atoms with Crippen LogP contribution in [0.3, 0.4) is 0 Å². The highest BCUT2D eigenvalue weighted by atomic mass is 35.5. The third-order valence-corrected chi connectivity index (χ3v) is 3.81. The monoisotopic (exact) mass is 371 g/mol. The van der Waals surface area contributed by atoms with E-state index in [2.05, 4.69) is 5.32 Å². The van der Waals surface area contributed by atoms with Crippen LogP contribution in [0.1, 0.15) is 29.3 Å². The van der Waals surface area contributed by atoms with E-state index in [-0.39, 0.29) is 18.3 Å². The van der Waals surface area contributed by atoms with E-state index in [0.29, 0.717) is 28.3 Å². The molecule has 2 aromatic rings. The summed E-state index contributed by atoms with van der Waals surface area (Å²) in [5, 5.41) is 3.21. The molecule has 6 heteroatoms. The molecule has 0 saturated carbocycles. The topological polar surface area (TPSA) is 72.5 Å². The lowest BCUT2D eigenvalue weighted by molar-refractivity contribution is -0.136. The lowest BCUT2D eigenvalue weighted by Gasteiger charge is -2.05. The number of benzene rings is 2. The van der Waals surface area contributed by atoms with Crippen molar-refractivity contribution in [2.45, 2.75) is 13.3 Å². The molecule has 2 aromatic carbocycles. The fourth-order valence-corrected chi connectivity index (χ4v) is 2.22. The number of halogens is 1. The van der Waals surface area contributed by atoms with Gasteiger partial charge in [-0.25, -0.2) is 4.79 Å². The Bertz CT molecular complexity index is 828. The summed E-state index contributed by atoms with van der Waals surface area (Å²) in [5.41, 5.74) is 1.68. The molecule has 0 aliphatic rings. The lowest BCUT2D eigenvalue weighted by Crippen LogP contribution is -2.13. The van der Waals surface area contributed by atoms with Crippen LogP contribution in [-0.2, 0) is 14.3 Å². The van der Waals surface area contributed by atoms with Crippen molar-refractivity contribution in [3.8, 4) is 0 Å². The zero-order chi connectivity index (χ0) is 18.9. The molecule has 0 aliphatic heterocycles. The molecule has 0 aliphatic carbocycles. The molecule has 0 saturated heterocycles. The maximum absolute atomic E-state index is 12.1. The second kappa shape index (κ2) is 9.53. The van der Waals surface area contributed by atoms with E-state index < -0.39 is 5.97 Å². The van der Waals surface area contributed by atoms with E-state index in [1.165, 1.54) is 12.2 Å². The first-order valence-electron chi connectivity index (χ1n) is 8.02. The number of carbonyl (C=O) groups excluding carboxylic acids is 3. The molecule has 134 valence electrons. The maximum Gasteiger partial charge on any atom is 0.331 e. The van der Waals surface area contributed by atoms with E-state index in [9.17, 15) is 14.4 Å². The van der Waals surface area contributed by atoms with Gasteiger partial charge in [0.2, 0.25) is 5.91 Å². The quantitative estimate of drug-likeness (QED) is 0.451. The van der Waals surface area contributed by atoms with Gasteiger partial charge in [0.15, 0.2) is 12.4 Å². The standard InChI is InChI=1S/C20H18ClNO4/c1-2-19(24)22-16-10-7-15(8-11-16)18(23)13-26-20(25)12-9-14-5-3-4-6-17(14)21/h3-12H,2,13H2,1H3,(H,22,24)/b12-9+. The summed E-state index contributed by atoms with van der Waals surface area (Å²) >= 11 is 5.99. The van der Waals surface area contributed by atoms with Gasteiger partial charge in [-0.2, -0.15) is 0 Å². The van der Waals surface area contributed by atoms with Gasteiger partial charge in [-0.05, 0) is 42.0 Å². The van der Waals surface area contributed by atoms with Gasteiger partial charge in [0.1, 0.15) is 0 Å². The number of rotatable bonds is 7. The SMILES string of the molecule is CCC(=O)Nc1ccc(C(=O)COC(=O)/C=C/c2ccccc2Cl)cc1. The minimum atomic E-state index is -0.634. The molecule has 0 unspecified atom stereocenters. The van der Waals surface area contributed by atoms with Crippen LogP contribution in [0, 0.1) is 0 Å². The third kappa shape index (κ3) is 5.86. The Morgan fingerprint density at radius 3 is 2.42 bits per heavy atom. The van der Waals surface area contributed by atoms with Crippen LogP contribution in [0.4, 0.5) is 5.69 Å². The molecule has 0 fully saturated rings. The summed E-state index contributed by atoms with van der Waals surface area (Å²) in [4.78, 5) is 35.1. The highest BCUT2D eigenvalue weighted by molar-refractivity contribution is 6.32. The molecular formula is C20H18ClNO4. The Balaban J connectivity index is 1.87. The number of nitrogens with one attached hydrogen (secondary N) is 1. The van der Waals surface area contributed by atoms with Crippen molar-refractivity contribution in [3.63, 3.8) is 0 Å². The number of amides is 1. The van der Waals surface area contributed by atoms with Crippen molar-refractivity contribution in [1.82, 2.24) is 0 Å². The van der Waals surface area contributed by atoms with E-state index in [1.54, 1.807) is 55.5 Å². The zero-order valence-corrected chi connectivity index (χ0v) is 15.0. The highest BCUT2D eigenvalue weighted by Gasteiger charge is 2.09. The van der Waals surface area contributed by atoms with Crippen LogP contribution in [0.25, 0.3) is 6.08 Å². The number of hydrogen-bond acceptors (Lipinski definition) is 4. The van der Waals surface area contributed by atoms with Crippen LogP contribution in [0.2, 0.25) is 5.02 Å². The number of esters is 1. The van der Waals surface area contributed by atoms with E-state index in [4.69, 9.17) is 16.3 Å². The molecule has 0 radical (unpaired) electrons. The second-order valence-corrected chi connectivity index (χ2v) is 5.77. The number of ketones is 1. The summed E-state index contributed by atoms with van der Waals surface area (Å²) in [6.07, 6.45) is 3.12. The predicted octanol–water partition coefficient (Wildman–Crippen LogP) is 4.13. The Morgan fingerprint density at radius 2 is 1.77 bits per heavy atom. The molecule has 1 N–H and O–H groups in total. The van der Waals surface area contributed by atoms with Crippen LogP contribution in [0.15, 0.2) is 54.6 Å². The average molecular weight is 372 g/mol. The van der Waals surface area contributed by atoms with Gasteiger partial charge in [0, 0.05) is 28.8 Å². The smallest absolute Gasteiger partial charge is 0.331 e. The number of Topliss-reactive ketones (excluding diaryl/α,β-unsaturated/α-hetero) is 1. The normalized spacial score (nSPS) is 10.5. The number of ether oxygens (including phenoxy) is 1. The van der Waals surface area contributed by atoms with Gasteiger partial charge in [0.25, 0.3) is 0 Å². The van der Waals surface area contributed by atoms with Gasteiger partial charge in [-0.3, -0.25) is 9.59 Å². The minimum absolute atomic E-state index is 0.108. The number of anilines is 1. The first kappa shape index (κ1) is 19.4. The van der Waals surface area contributed by atoms with Gasteiger partial charge in [0.05, 0.1) is 0 Å². The molecule has 2 rings (SSSR count).